The van der Waals surface area contributed by atoms with Crippen LogP contribution < -0.4 is 0 Å². The summed E-state index contributed by atoms with van der Waals surface area (Å²) in [6.45, 7) is 4.30. The second-order valence-corrected chi connectivity index (χ2v) is 5.67. The molecule has 0 radical (unpaired) electrons. The van der Waals surface area contributed by atoms with Crippen LogP contribution in [0.1, 0.15) is 42.3 Å². The van der Waals surface area contributed by atoms with Crippen LogP contribution in [-0.4, -0.2) is 9.38 Å². The van der Waals surface area contributed by atoms with E-state index in [2.05, 4.69) is 49.2 Å². The summed E-state index contributed by atoms with van der Waals surface area (Å²) in [5.74, 6) is 0.108. The number of rotatable bonds is 3. The van der Waals surface area contributed by atoms with E-state index in [0.717, 1.165) is 5.56 Å². The van der Waals surface area contributed by atoms with E-state index in [1.54, 1.807) is 6.07 Å². The number of aromatic nitrogens is 2. The van der Waals surface area contributed by atoms with Gasteiger partial charge in [0.1, 0.15) is 23.2 Å². The van der Waals surface area contributed by atoms with E-state index in [0.29, 0.717) is 29.4 Å². The van der Waals surface area contributed by atoms with Crippen LogP contribution in [-0.2, 0) is 6.42 Å². The Morgan fingerprint density at radius 3 is 2.55 bits per heavy atom. The van der Waals surface area contributed by atoms with Crippen molar-refractivity contribution in [3.8, 4) is 6.07 Å². The molecular formula is C18H16FN3. The lowest BCUT2D eigenvalue weighted by molar-refractivity contribution is 0.619. The number of benzene rings is 1. The van der Waals surface area contributed by atoms with Crippen molar-refractivity contribution in [2.24, 2.45) is 0 Å². The number of halogens is 1. The predicted molar refractivity (Wildman–Crippen MR) is 83.2 cm³/mol. The van der Waals surface area contributed by atoms with Crippen molar-refractivity contribution >= 4 is 5.65 Å². The van der Waals surface area contributed by atoms with Gasteiger partial charge in [-0.25, -0.2) is 9.37 Å². The molecule has 110 valence electrons. The van der Waals surface area contributed by atoms with Crippen molar-refractivity contribution in [1.29, 1.82) is 5.26 Å². The van der Waals surface area contributed by atoms with Crippen LogP contribution in [0.15, 0.2) is 42.6 Å². The van der Waals surface area contributed by atoms with Gasteiger partial charge in [-0.1, -0.05) is 38.1 Å². The van der Waals surface area contributed by atoms with Gasteiger partial charge in [0.15, 0.2) is 0 Å². The fourth-order valence-corrected chi connectivity index (χ4v) is 2.52. The fourth-order valence-electron chi connectivity index (χ4n) is 2.52. The molecule has 0 atom stereocenters. The van der Waals surface area contributed by atoms with Gasteiger partial charge in [-0.2, -0.15) is 5.26 Å². The highest BCUT2D eigenvalue weighted by molar-refractivity contribution is 5.48. The Morgan fingerprint density at radius 1 is 1.18 bits per heavy atom. The number of nitriles is 1. The van der Waals surface area contributed by atoms with Crippen LogP contribution in [0.25, 0.3) is 5.65 Å². The third kappa shape index (κ3) is 2.58. The minimum absolute atomic E-state index is 0.380. The largest absolute Gasteiger partial charge is 0.288 e. The molecular weight excluding hydrogens is 277 g/mol. The highest BCUT2D eigenvalue weighted by Crippen LogP contribution is 2.19. The molecule has 3 nitrogen and oxygen atoms in total. The highest BCUT2D eigenvalue weighted by Gasteiger charge is 2.13. The topological polar surface area (TPSA) is 41.1 Å². The summed E-state index contributed by atoms with van der Waals surface area (Å²) >= 11 is 0. The average molecular weight is 293 g/mol. The summed E-state index contributed by atoms with van der Waals surface area (Å²) in [4.78, 5) is 4.45. The van der Waals surface area contributed by atoms with Crippen molar-refractivity contribution in [2.75, 3.05) is 0 Å². The summed E-state index contributed by atoms with van der Waals surface area (Å²) in [6, 6.07) is 13.4. The zero-order valence-corrected chi connectivity index (χ0v) is 12.5. The number of hydrogen-bond acceptors (Lipinski definition) is 2. The van der Waals surface area contributed by atoms with E-state index in [-0.39, 0.29) is 5.82 Å². The molecule has 22 heavy (non-hydrogen) atoms. The van der Waals surface area contributed by atoms with Crippen molar-refractivity contribution in [3.63, 3.8) is 0 Å². The van der Waals surface area contributed by atoms with Gasteiger partial charge >= 0.3 is 0 Å². The van der Waals surface area contributed by atoms with Gasteiger partial charge in [-0.3, -0.25) is 4.40 Å². The number of fused-ring (bicyclic) bond motifs is 1. The van der Waals surface area contributed by atoms with Gasteiger partial charge in [0, 0.05) is 12.6 Å². The lowest BCUT2D eigenvalue weighted by Crippen LogP contribution is -1.95. The Labute approximate surface area is 128 Å². The first-order valence-electron chi connectivity index (χ1n) is 7.24. The zero-order valence-electron chi connectivity index (χ0n) is 12.5. The lowest BCUT2D eigenvalue weighted by atomic mass is 10.00. The van der Waals surface area contributed by atoms with E-state index in [4.69, 9.17) is 0 Å². The molecule has 4 heteroatoms. The highest BCUT2D eigenvalue weighted by atomic mass is 19.1. The summed E-state index contributed by atoms with van der Waals surface area (Å²) in [7, 11) is 0. The zero-order chi connectivity index (χ0) is 15.7. The molecule has 1 aromatic carbocycles. The third-order valence-electron chi connectivity index (χ3n) is 3.78. The summed E-state index contributed by atoms with van der Waals surface area (Å²) in [5.41, 5.74) is 4.02. The molecule has 0 aliphatic carbocycles. The number of hydrogen-bond donors (Lipinski definition) is 0. The Kier molecular flexibility index (Phi) is 3.64. The molecule has 2 heterocycles. The van der Waals surface area contributed by atoms with Crippen molar-refractivity contribution in [2.45, 2.75) is 26.2 Å². The molecule has 0 aliphatic rings. The molecule has 3 rings (SSSR count). The fraction of sp³-hybridized carbons (Fsp3) is 0.222. The van der Waals surface area contributed by atoms with Crippen molar-refractivity contribution < 1.29 is 4.39 Å². The first-order chi connectivity index (χ1) is 10.6. The maximum absolute atomic E-state index is 13.4. The molecule has 2 aromatic heterocycles. The van der Waals surface area contributed by atoms with Gasteiger partial charge in [0.05, 0.1) is 5.69 Å². The van der Waals surface area contributed by atoms with Gasteiger partial charge in [-0.15, -0.1) is 0 Å². The Hall–Kier alpha value is -2.67. The molecule has 0 bridgehead atoms. The van der Waals surface area contributed by atoms with Crippen LogP contribution >= 0.6 is 0 Å². The first-order valence-corrected chi connectivity index (χ1v) is 7.24. The molecule has 0 saturated heterocycles. The second-order valence-electron chi connectivity index (χ2n) is 5.67. The average Bonchev–Trinajstić information content (AvgIpc) is 2.84. The molecule has 0 N–H and O–H groups in total. The van der Waals surface area contributed by atoms with E-state index >= 15 is 0 Å². The van der Waals surface area contributed by atoms with Gasteiger partial charge in [0.2, 0.25) is 0 Å². The smallest absolute Gasteiger partial charge is 0.148 e. The van der Waals surface area contributed by atoms with Crippen LogP contribution in [0.3, 0.4) is 0 Å². The van der Waals surface area contributed by atoms with Crippen LogP contribution in [0, 0.1) is 17.1 Å². The van der Waals surface area contributed by atoms with Crippen LogP contribution in [0.2, 0.25) is 0 Å². The first kappa shape index (κ1) is 14.3. The molecule has 3 aromatic rings. The molecule has 0 saturated carbocycles. The van der Waals surface area contributed by atoms with E-state index < -0.39 is 0 Å². The standard InChI is InChI=1S/C18H16FN3/c1-12(2)14-5-3-13(4-6-14)9-16-17(10-20)22-11-15(19)7-8-18(22)21-16/h3-8,11-12H,9H2,1-2H3. The lowest BCUT2D eigenvalue weighted by Gasteiger charge is -2.06. The van der Waals surface area contributed by atoms with E-state index in [9.17, 15) is 9.65 Å². The van der Waals surface area contributed by atoms with Crippen LogP contribution in [0.5, 0.6) is 0 Å². The van der Waals surface area contributed by atoms with Gasteiger partial charge in [-0.05, 0) is 29.2 Å². The van der Waals surface area contributed by atoms with Crippen molar-refractivity contribution in [1.82, 2.24) is 9.38 Å². The molecule has 0 fully saturated rings. The number of nitrogens with zero attached hydrogens (tertiary/aromatic N) is 3. The molecule has 0 spiro atoms. The van der Waals surface area contributed by atoms with Crippen LogP contribution in [0.4, 0.5) is 4.39 Å². The summed E-state index contributed by atoms with van der Waals surface area (Å²) in [5, 5.41) is 9.36. The minimum Gasteiger partial charge on any atom is -0.288 e. The third-order valence-corrected chi connectivity index (χ3v) is 3.78. The normalized spacial score (nSPS) is 11.0. The van der Waals surface area contributed by atoms with E-state index in [1.165, 1.54) is 22.2 Å². The molecule has 0 amide bonds. The molecule has 0 aliphatic heterocycles. The quantitative estimate of drug-likeness (QED) is 0.730. The predicted octanol–water partition coefficient (Wildman–Crippen LogP) is 4.06. The summed E-state index contributed by atoms with van der Waals surface area (Å²) < 4.78 is 14.9. The number of pyridine rings is 1. The summed E-state index contributed by atoms with van der Waals surface area (Å²) in [6.07, 6.45) is 1.86. The minimum atomic E-state index is -0.380. The Morgan fingerprint density at radius 2 is 1.91 bits per heavy atom. The van der Waals surface area contributed by atoms with Gasteiger partial charge in [0.25, 0.3) is 0 Å². The maximum atomic E-state index is 13.4. The SMILES string of the molecule is CC(C)c1ccc(Cc2nc3ccc(F)cn3c2C#N)cc1. The Balaban J connectivity index is 1.98. The number of imidazole rings is 1. The van der Waals surface area contributed by atoms with E-state index in [1.807, 2.05) is 0 Å². The Bertz CT molecular complexity index is 854. The maximum Gasteiger partial charge on any atom is 0.148 e. The van der Waals surface area contributed by atoms with Crippen molar-refractivity contribution in [3.05, 3.63) is 70.9 Å². The second kappa shape index (κ2) is 5.61. The molecule has 0 unspecified atom stereocenters. The van der Waals surface area contributed by atoms with Gasteiger partial charge < -0.3 is 0 Å². The monoisotopic (exact) mass is 293 g/mol.